The minimum absolute atomic E-state index is 0.211. The van der Waals surface area contributed by atoms with Crippen LogP contribution in [-0.4, -0.2) is 11.5 Å². The van der Waals surface area contributed by atoms with E-state index in [4.69, 9.17) is 0 Å². The van der Waals surface area contributed by atoms with E-state index in [1.165, 1.54) is 11.3 Å². The third-order valence-electron chi connectivity index (χ3n) is 1.63. The van der Waals surface area contributed by atoms with Crippen LogP contribution in [0.25, 0.3) is 0 Å². The van der Waals surface area contributed by atoms with Gasteiger partial charge < -0.3 is 0 Å². The Balaban J connectivity index is 2.60. The Kier molecular flexibility index (Phi) is 1.39. The lowest BCUT2D eigenvalue weighted by Crippen LogP contribution is -2.07. The number of hydrogen-bond donors (Lipinski definition) is 0. The second-order valence-corrected chi connectivity index (χ2v) is 3.50. The van der Waals surface area contributed by atoms with Crippen LogP contribution in [0.4, 0.5) is 5.69 Å². The van der Waals surface area contributed by atoms with E-state index in [1.807, 2.05) is 18.4 Å². The van der Waals surface area contributed by atoms with Crippen LogP contribution in [-0.2, 0) is 0 Å². The third kappa shape index (κ3) is 1.01. The zero-order valence-corrected chi connectivity index (χ0v) is 6.94. The van der Waals surface area contributed by atoms with E-state index in [9.17, 15) is 4.79 Å². The smallest absolute Gasteiger partial charge is 0.180 e. The Morgan fingerprint density at radius 3 is 3.27 bits per heavy atom. The molecule has 3 heteroatoms. The molecule has 1 aliphatic heterocycles. The molecule has 0 spiro atoms. The molecule has 2 nitrogen and oxygen atoms in total. The molecule has 0 saturated carbocycles. The number of Topliss-reactive ketones (excluding diaryl/α,β-unsaturated/α-hetero) is 1. The first-order chi connectivity index (χ1) is 5.27. The molecular formula is C8H7NOS. The maximum atomic E-state index is 11.3. The minimum atomic E-state index is 0.211. The first kappa shape index (κ1) is 6.73. The van der Waals surface area contributed by atoms with E-state index in [0.29, 0.717) is 6.42 Å². The van der Waals surface area contributed by atoms with Crippen LogP contribution in [0.1, 0.15) is 23.0 Å². The van der Waals surface area contributed by atoms with Gasteiger partial charge in [0.1, 0.15) is 0 Å². The average molecular weight is 165 g/mol. The van der Waals surface area contributed by atoms with Crippen molar-refractivity contribution in [3.8, 4) is 0 Å². The molecule has 0 aromatic carbocycles. The number of carbonyl (C=O) groups is 1. The van der Waals surface area contributed by atoms with Crippen LogP contribution in [0.2, 0.25) is 0 Å². The van der Waals surface area contributed by atoms with Gasteiger partial charge in [-0.15, -0.1) is 11.3 Å². The monoisotopic (exact) mass is 165 g/mol. The molecule has 56 valence electrons. The maximum absolute atomic E-state index is 11.3. The van der Waals surface area contributed by atoms with Gasteiger partial charge in [-0.3, -0.25) is 9.79 Å². The van der Waals surface area contributed by atoms with Crippen LogP contribution in [0.3, 0.4) is 0 Å². The van der Waals surface area contributed by atoms with Gasteiger partial charge in [0.25, 0.3) is 0 Å². The largest absolute Gasteiger partial charge is 0.293 e. The molecule has 0 radical (unpaired) electrons. The van der Waals surface area contributed by atoms with Crippen molar-refractivity contribution in [1.29, 1.82) is 0 Å². The maximum Gasteiger partial charge on any atom is 0.180 e. The molecule has 1 aromatic rings. The van der Waals surface area contributed by atoms with Crippen molar-refractivity contribution >= 4 is 28.5 Å². The fraction of sp³-hybridized carbons (Fsp3) is 0.250. The van der Waals surface area contributed by atoms with Gasteiger partial charge in [0.05, 0.1) is 17.0 Å². The highest BCUT2D eigenvalue weighted by molar-refractivity contribution is 7.12. The van der Waals surface area contributed by atoms with Gasteiger partial charge in [-0.2, -0.15) is 0 Å². The Labute approximate surface area is 68.6 Å². The van der Waals surface area contributed by atoms with E-state index < -0.39 is 0 Å². The van der Waals surface area contributed by atoms with Crippen molar-refractivity contribution in [2.75, 3.05) is 0 Å². The Morgan fingerprint density at radius 1 is 1.64 bits per heavy atom. The Bertz CT molecular complexity index is 338. The lowest BCUT2D eigenvalue weighted by Gasteiger charge is -2.05. The zero-order valence-electron chi connectivity index (χ0n) is 6.13. The van der Waals surface area contributed by atoms with Crippen LogP contribution < -0.4 is 0 Å². The van der Waals surface area contributed by atoms with Crippen LogP contribution in [0.5, 0.6) is 0 Å². The van der Waals surface area contributed by atoms with Crippen molar-refractivity contribution in [1.82, 2.24) is 0 Å². The van der Waals surface area contributed by atoms with E-state index in [0.717, 1.165) is 16.3 Å². The zero-order chi connectivity index (χ0) is 7.84. The fourth-order valence-corrected chi connectivity index (χ4v) is 1.93. The van der Waals surface area contributed by atoms with E-state index in [2.05, 4.69) is 4.99 Å². The predicted molar refractivity (Wildman–Crippen MR) is 46.0 cm³/mol. The number of aliphatic imine (C=N–C) groups is 1. The number of rotatable bonds is 0. The molecule has 0 atom stereocenters. The normalized spacial score (nSPS) is 16.1. The summed E-state index contributed by atoms with van der Waals surface area (Å²) in [4.78, 5) is 16.4. The van der Waals surface area contributed by atoms with Crippen molar-refractivity contribution in [3.05, 3.63) is 16.3 Å². The highest BCUT2D eigenvalue weighted by atomic mass is 32.1. The second-order valence-electron chi connectivity index (χ2n) is 2.58. The number of ketones is 1. The van der Waals surface area contributed by atoms with Gasteiger partial charge in [0.15, 0.2) is 5.78 Å². The van der Waals surface area contributed by atoms with Crippen molar-refractivity contribution < 1.29 is 4.79 Å². The molecule has 0 N–H and O–H groups in total. The summed E-state index contributed by atoms with van der Waals surface area (Å²) < 4.78 is 0. The number of nitrogens with zero attached hydrogens (tertiary/aromatic N) is 1. The summed E-state index contributed by atoms with van der Waals surface area (Å²) in [5, 5.41) is 1.91. The average Bonchev–Trinajstić information content (AvgIpc) is 2.34. The molecule has 2 rings (SSSR count). The van der Waals surface area contributed by atoms with E-state index in [1.54, 1.807) is 0 Å². The van der Waals surface area contributed by atoms with Gasteiger partial charge in [-0.1, -0.05) is 0 Å². The van der Waals surface area contributed by atoms with Crippen molar-refractivity contribution in [3.63, 3.8) is 0 Å². The molecule has 1 aliphatic rings. The summed E-state index contributed by atoms with van der Waals surface area (Å²) in [5.41, 5.74) is 1.77. The molecular weight excluding hydrogens is 158 g/mol. The van der Waals surface area contributed by atoms with Gasteiger partial charge in [0, 0.05) is 5.71 Å². The molecule has 0 unspecified atom stereocenters. The Morgan fingerprint density at radius 2 is 2.45 bits per heavy atom. The number of hydrogen-bond acceptors (Lipinski definition) is 3. The first-order valence-corrected chi connectivity index (χ1v) is 4.30. The third-order valence-corrected chi connectivity index (χ3v) is 2.57. The standard InChI is InChI=1S/C8H7NOS/c1-5-4-7(10)8-6(9-5)2-3-11-8/h2-3H,4H2,1H3. The number of fused-ring (bicyclic) bond motifs is 1. The van der Waals surface area contributed by atoms with Crippen LogP contribution in [0.15, 0.2) is 16.4 Å². The quantitative estimate of drug-likeness (QED) is 0.580. The topological polar surface area (TPSA) is 29.4 Å². The fourth-order valence-electron chi connectivity index (χ4n) is 1.16. The van der Waals surface area contributed by atoms with Crippen LogP contribution in [0, 0.1) is 0 Å². The molecule has 0 aliphatic carbocycles. The molecule has 0 bridgehead atoms. The minimum Gasteiger partial charge on any atom is -0.293 e. The summed E-state index contributed by atoms with van der Waals surface area (Å²) >= 11 is 1.48. The van der Waals surface area contributed by atoms with E-state index in [-0.39, 0.29) is 5.78 Å². The molecule has 2 heterocycles. The van der Waals surface area contributed by atoms with Gasteiger partial charge in [-0.25, -0.2) is 0 Å². The highest BCUT2D eigenvalue weighted by Gasteiger charge is 2.18. The van der Waals surface area contributed by atoms with Crippen molar-refractivity contribution in [2.45, 2.75) is 13.3 Å². The highest BCUT2D eigenvalue weighted by Crippen LogP contribution is 2.30. The van der Waals surface area contributed by atoms with Crippen LogP contribution >= 0.6 is 11.3 Å². The molecule has 0 fully saturated rings. The Hall–Kier alpha value is -0.960. The molecule has 0 saturated heterocycles. The summed E-state index contributed by atoms with van der Waals surface area (Å²) in [6.07, 6.45) is 0.494. The van der Waals surface area contributed by atoms with Crippen molar-refractivity contribution in [2.24, 2.45) is 4.99 Å². The lowest BCUT2D eigenvalue weighted by atomic mass is 10.1. The number of thiophene rings is 1. The molecule has 0 amide bonds. The van der Waals surface area contributed by atoms with Gasteiger partial charge >= 0.3 is 0 Å². The summed E-state index contributed by atoms with van der Waals surface area (Å²) in [6.45, 7) is 1.89. The molecule has 1 aromatic heterocycles. The SMILES string of the molecule is CC1=Nc2ccsc2C(=O)C1. The second kappa shape index (κ2) is 2.27. The molecule has 11 heavy (non-hydrogen) atoms. The van der Waals surface area contributed by atoms with Gasteiger partial charge in [0.2, 0.25) is 0 Å². The van der Waals surface area contributed by atoms with E-state index >= 15 is 0 Å². The summed E-state index contributed by atoms with van der Waals surface area (Å²) in [7, 11) is 0. The predicted octanol–water partition coefficient (Wildman–Crippen LogP) is 2.43. The summed E-state index contributed by atoms with van der Waals surface area (Å²) in [6, 6.07) is 1.89. The lowest BCUT2D eigenvalue weighted by molar-refractivity contribution is 0.100. The van der Waals surface area contributed by atoms with Gasteiger partial charge in [-0.05, 0) is 18.4 Å². The first-order valence-electron chi connectivity index (χ1n) is 3.42. The number of carbonyl (C=O) groups excluding carboxylic acids is 1. The summed E-state index contributed by atoms with van der Waals surface area (Å²) in [5.74, 6) is 0.211.